The lowest BCUT2D eigenvalue weighted by Crippen LogP contribution is -2.02. The molecule has 0 aliphatic heterocycles. The highest BCUT2D eigenvalue weighted by Crippen LogP contribution is 2.41. The molecular formula is C53H35N7. The minimum absolute atomic E-state index is 0.581. The summed E-state index contributed by atoms with van der Waals surface area (Å²) in [5, 5.41) is 0. The lowest BCUT2D eigenvalue weighted by Gasteiger charge is -2.17. The summed E-state index contributed by atoms with van der Waals surface area (Å²) in [5.74, 6) is 3.60. The molecule has 0 saturated heterocycles. The Hall–Kier alpha value is -8.29. The summed E-state index contributed by atoms with van der Waals surface area (Å²) in [6.45, 7) is 0. The highest BCUT2D eigenvalue weighted by molar-refractivity contribution is 5.93. The molecule has 0 radical (unpaired) electrons. The minimum atomic E-state index is 0.581. The van der Waals surface area contributed by atoms with Crippen LogP contribution < -0.4 is 0 Å². The SMILES string of the molecule is c1ccc(-c2nc(-c3ccccc3)nc(-c3ccccc3-c3ccc(-c4ccccc4-c4nc(-c5ccccc5)nc(-c5ccccc5)n4)c(-c4ccccn4)c3)n2)cc1. The second kappa shape index (κ2) is 16.3. The van der Waals surface area contributed by atoms with Crippen molar-refractivity contribution < 1.29 is 0 Å². The van der Waals surface area contributed by atoms with Crippen LogP contribution in [0, 0.1) is 0 Å². The van der Waals surface area contributed by atoms with Crippen molar-refractivity contribution in [2.24, 2.45) is 0 Å². The molecule has 0 aliphatic rings. The normalized spacial score (nSPS) is 11.0. The topological polar surface area (TPSA) is 90.2 Å². The molecule has 0 amide bonds. The highest BCUT2D eigenvalue weighted by Gasteiger charge is 2.21. The van der Waals surface area contributed by atoms with E-state index in [0.717, 1.165) is 66.9 Å². The number of hydrogen-bond acceptors (Lipinski definition) is 7. The van der Waals surface area contributed by atoms with Gasteiger partial charge in [0.25, 0.3) is 0 Å². The molecule has 7 aromatic carbocycles. The second-order valence-electron chi connectivity index (χ2n) is 14.1. The maximum absolute atomic E-state index is 5.10. The lowest BCUT2D eigenvalue weighted by atomic mass is 9.89. The molecule has 0 fully saturated rings. The first-order valence-electron chi connectivity index (χ1n) is 19.7. The van der Waals surface area contributed by atoms with Gasteiger partial charge in [-0.2, -0.15) is 0 Å². The summed E-state index contributed by atoms with van der Waals surface area (Å²) in [5.41, 5.74) is 11.2. The Labute approximate surface area is 347 Å². The predicted octanol–water partition coefficient (Wildman–Crippen LogP) is 12.5. The first-order chi connectivity index (χ1) is 29.7. The van der Waals surface area contributed by atoms with Gasteiger partial charge in [0.15, 0.2) is 34.9 Å². The van der Waals surface area contributed by atoms with E-state index in [-0.39, 0.29) is 0 Å². The number of hydrogen-bond donors (Lipinski definition) is 0. The molecule has 7 heteroatoms. The van der Waals surface area contributed by atoms with Crippen molar-refractivity contribution in [2.75, 3.05) is 0 Å². The van der Waals surface area contributed by atoms with Crippen LogP contribution in [-0.2, 0) is 0 Å². The summed E-state index contributed by atoms with van der Waals surface area (Å²) in [7, 11) is 0. The average Bonchev–Trinajstić information content (AvgIpc) is 3.35. The van der Waals surface area contributed by atoms with Gasteiger partial charge in [-0.3, -0.25) is 4.98 Å². The van der Waals surface area contributed by atoms with Gasteiger partial charge in [-0.15, -0.1) is 0 Å². The van der Waals surface area contributed by atoms with Gasteiger partial charge in [0, 0.05) is 45.1 Å². The molecule has 0 atom stereocenters. The van der Waals surface area contributed by atoms with Gasteiger partial charge in [0.1, 0.15) is 0 Å². The average molecular weight is 770 g/mol. The van der Waals surface area contributed by atoms with Crippen LogP contribution in [0.1, 0.15) is 0 Å². The third-order valence-corrected chi connectivity index (χ3v) is 10.3. The van der Waals surface area contributed by atoms with Gasteiger partial charge >= 0.3 is 0 Å². The second-order valence-corrected chi connectivity index (χ2v) is 14.1. The summed E-state index contributed by atoms with van der Waals surface area (Å²) in [4.78, 5) is 35.1. The predicted molar refractivity (Wildman–Crippen MR) is 240 cm³/mol. The molecule has 3 aromatic heterocycles. The number of nitrogens with zero attached hydrogens (tertiary/aromatic N) is 7. The number of aromatic nitrogens is 7. The molecule has 0 bridgehead atoms. The van der Waals surface area contributed by atoms with Gasteiger partial charge in [0.05, 0.1) is 5.69 Å². The summed E-state index contributed by atoms with van der Waals surface area (Å²) in [6.07, 6.45) is 1.83. The number of benzene rings is 7. The van der Waals surface area contributed by atoms with E-state index in [9.17, 15) is 0 Å². The van der Waals surface area contributed by atoms with Gasteiger partial charge in [-0.25, -0.2) is 29.9 Å². The molecular weight excluding hydrogens is 735 g/mol. The highest BCUT2D eigenvalue weighted by atomic mass is 15.0. The maximum atomic E-state index is 5.10. The van der Waals surface area contributed by atoms with Gasteiger partial charge in [-0.1, -0.05) is 188 Å². The van der Waals surface area contributed by atoms with Crippen molar-refractivity contribution in [3.8, 4) is 102 Å². The number of rotatable bonds is 9. The first kappa shape index (κ1) is 36.1. The van der Waals surface area contributed by atoms with E-state index in [1.165, 1.54) is 0 Å². The van der Waals surface area contributed by atoms with Crippen LogP contribution in [0.25, 0.3) is 102 Å². The molecule has 60 heavy (non-hydrogen) atoms. The first-order valence-corrected chi connectivity index (χ1v) is 19.7. The summed E-state index contributed by atoms with van der Waals surface area (Å²) >= 11 is 0. The molecule has 0 N–H and O–H groups in total. The van der Waals surface area contributed by atoms with Crippen molar-refractivity contribution in [3.63, 3.8) is 0 Å². The maximum Gasteiger partial charge on any atom is 0.164 e. The summed E-state index contributed by atoms with van der Waals surface area (Å²) in [6, 6.07) is 69.3. The van der Waals surface area contributed by atoms with Gasteiger partial charge < -0.3 is 0 Å². The van der Waals surface area contributed by atoms with E-state index in [4.69, 9.17) is 34.9 Å². The fraction of sp³-hybridized carbons (Fsp3) is 0. The minimum Gasteiger partial charge on any atom is -0.256 e. The van der Waals surface area contributed by atoms with Crippen molar-refractivity contribution in [3.05, 3.63) is 212 Å². The van der Waals surface area contributed by atoms with Crippen LogP contribution >= 0.6 is 0 Å². The quantitative estimate of drug-likeness (QED) is 0.144. The van der Waals surface area contributed by atoms with Crippen LogP contribution in [-0.4, -0.2) is 34.9 Å². The Morgan fingerprint density at radius 3 is 1.00 bits per heavy atom. The fourth-order valence-corrected chi connectivity index (χ4v) is 7.38. The van der Waals surface area contributed by atoms with Crippen LogP contribution in [0.5, 0.6) is 0 Å². The van der Waals surface area contributed by atoms with Gasteiger partial charge in [0.2, 0.25) is 0 Å². The van der Waals surface area contributed by atoms with Crippen LogP contribution in [0.2, 0.25) is 0 Å². The van der Waals surface area contributed by atoms with Crippen LogP contribution in [0.15, 0.2) is 212 Å². The van der Waals surface area contributed by atoms with E-state index in [0.29, 0.717) is 34.9 Å². The Kier molecular flexibility index (Phi) is 9.79. The van der Waals surface area contributed by atoms with Gasteiger partial charge in [-0.05, 0) is 40.5 Å². The molecule has 0 aliphatic carbocycles. The molecule has 3 heterocycles. The number of pyridine rings is 1. The van der Waals surface area contributed by atoms with E-state index in [1.54, 1.807) is 0 Å². The molecule has 0 unspecified atom stereocenters. The Morgan fingerprint density at radius 2 is 0.567 bits per heavy atom. The van der Waals surface area contributed by atoms with Crippen LogP contribution in [0.4, 0.5) is 0 Å². The van der Waals surface area contributed by atoms with Crippen molar-refractivity contribution in [1.82, 2.24) is 34.9 Å². The molecule has 0 spiro atoms. The zero-order chi connectivity index (χ0) is 40.1. The molecule has 7 nitrogen and oxygen atoms in total. The monoisotopic (exact) mass is 769 g/mol. The van der Waals surface area contributed by atoms with E-state index < -0.39 is 0 Å². The molecule has 0 saturated carbocycles. The molecule has 10 rings (SSSR count). The van der Waals surface area contributed by atoms with E-state index >= 15 is 0 Å². The Bertz CT molecular complexity index is 2950. The lowest BCUT2D eigenvalue weighted by molar-refractivity contribution is 1.07. The van der Waals surface area contributed by atoms with E-state index in [1.807, 2.05) is 158 Å². The van der Waals surface area contributed by atoms with Crippen LogP contribution in [0.3, 0.4) is 0 Å². The van der Waals surface area contributed by atoms with Crippen molar-refractivity contribution >= 4 is 0 Å². The molecule has 10 aromatic rings. The summed E-state index contributed by atoms with van der Waals surface area (Å²) < 4.78 is 0. The van der Waals surface area contributed by atoms with Crippen molar-refractivity contribution in [2.45, 2.75) is 0 Å². The van der Waals surface area contributed by atoms with Crippen molar-refractivity contribution in [1.29, 1.82) is 0 Å². The third-order valence-electron chi connectivity index (χ3n) is 10.3. The zero-order valence-electron chi connectivity index (χ0n) is 32.3. The third kappa shape index (κ3) is 7.35. The molecule has 282 valence electrons. The zero-order valence-corrected chi connectivity index (χ0v) is 32.3. The standard InChI is InChI=1S/C53H35N7/c1-5-19-36(20-6-1)48-55-49(37-21-7-2-8-22-37)58-52(57-48)44-29-15-13-27-41(44)40-32-33-43(46(35-40)47-31-17-18-34-54-47)42-28-14-16-30-45(42)53-59-50(38-23-9-3-10-24-38)56-51(60-53)39-25-11-4-12-26-39/h1-35H. The smallest absolute Gasteiger partial charge is 0.164 e. The Morgan fingerprint density at radius 1 is 0.217 bits per heavy atom. The largest absolute Gasteiger partial charge is 0.256 e. The Balaban J connectivity index is 1.14. The van der Waals surface area contributed by atoms with E-state index in [2.05, 4.69) is 54.6 Å². The fourth-order valence-electron chi connectivity index (χ4n) is 7.38.